The van der Waals surface area contributed by atoms with Crippen LogP contribution in [0.1, 0.15) is 63.6 Å². The molecule has 1 aliphatic rings. The second-order valence-corrected chi connectivity index (χ2v) is 11.1. The van der Waals surface area contributed by atoms with Crippen molar-refractivity contribution in [3.63, 3.8) is 0 Å². The molecule has 37 heavy (non-hydrogen) atoms. The third-order valence-electron chi connectivity index (χ3n) is 6.10. The molecular weight excluding hydrogens is 550 g/mol. The summed E-state index contributed by atoms with van der Waals surface area (Å²) in [5, 5.41) is 12.0. The Labute approximate surface area is 231 Å². The topological polar surface area (TPSA) is 81.1 Å². The number of amides is 1. The molecule has 3 aromatic rings. The minimum atomic E-state index is -0.511. The Balaban J connectivity index is 1.78. The number of nitrogens with zero attached hydrogens (tertiary/aromatic N) is 3. The van der Waals surface area contributed by atoms with Gasteiger partial charge in [0.1, 0.15) is 11.8 Å². The van der Waals surface area contributed by atoms with Crippen LogP contribution in [-0.4, -0.2) is 33.0 Å². The van der Waals surface area contributed by atoms with E-state index in [0.717, 1.165) is 64.2 Å². The molecule has 1 aliphatic heterocycles. The molecule has 4 rings (SSSR count). The van der Waals surface area contributed by atoms with Gasteiger partial charge in [-0.3, -0.25) is 4.79 Å². The number of ether oxygens (including phenoxy) is 1. The second-order valence-electron chi connectivity index (χ2n) is 9.14. The Morgan fingerprint density at radius 3 is 2.73 bits per heavy atom. The molecule has 1 aromatic heterocycles. The van der Waals surface area contributed by atoms with Crippen molar-refractivity contribution in [2.75, 3.05) is 23.0 Å². The summed E-state index contributed by atoms with van der Waals surface area (Å²) >= 11 is 5.26. The molecule has 2 aromatic carbocycles. The van der Waals surface area contributed by atoms with E-state index >= 15 is 0 Å². The van der Waals surface area contributed by atoms with E-state index < -0.39 is 6.04 Å². The van der Waals surface area contributed by atoms with Crippen LogP contribution in [0.5, 0.6) is 5.75 Å². The molecule has 9 heteroatoms. The monoisotopic (exact) mass is 583 g/mol. The van der Waals surface area contributed by atoms with Crippen molar-refractivity contribution in [1.29, 1.82) is 0 Å². The van der Waals surface area contributed by atoms with Gasteiger partial charge in [0.25, 0.3) is 5.91 Å². The van der Waals surface area contributed by atoms with Gasteiger partial charge in [-0.2, -0.15) is 4.98 Å². The first-order valence-corrected chi connectivity index (χ1v) is 14.6. The molecule has 7 nitrogen and oxygen atoms in total. The summed E-state index contributed by atoms with van der Waals surface area (Å²) in [4.78, 5) is 18.6. The van der Waals surface area contributed by atoms with Crippen LogP contribution >= 0.6 is 27.7 Å². The highest BCUT2D eigenvalue weighted by atomic mass is 79.9. The molecule has 2 heterocycles. The molecule has 1 amide bonds. The summed E-state index contributed by atoms with van der Waals surface area (Å²) in [7, 11) is 0. The highest BCUT2D eigenvalue weighted by Gasteiger charge is 2.36. The summed E-state index contributed by atoms with van der Waals surface area (Å²) in [6.07, 6.45) is 4.19. The fourth-order valence-electron chi connectivity index (χ4n) is 4.19. The van der Waals surface area contributed by atoms with Gasteiger partial charge >= 0.3 is 0 Å². The Hall–Kier alpha value is -2.78. The highest BCUT2D eigenvalue weighted by Crippen LogP contribution is 2.41. The lowest BCUT2D eigenvalue weighted by Crippen LogP contribution is -2.32. The second kappa shape index (κ2) is 12.6. The van der Waals surface area contributed by atoms with Crippen LogP contribution < -0.4 is 15.4 Å². The van der Waals surface area contributed by atoms with E-state index in [2.05, 4.69) is 40.4 Å². The number of rotatable bonds is 11. The Morgan fingerprint density at radius 2 is 1.97 bits per heavy atom. The molecule has 2 N–H and O–H groups in total. The van der Waals surface area contributed by atoms with Gasteiger partial charge < -0.3 is 15.4 Å². The van der Waals surface area contributed by atoms with E-state index in [4.69, 9.17) is 14.8 Å². The first-order chi connectivity index (χ1) is 17.9. The predicted octanol–water partition coefficient (Wildman–Crippen LogP) is 7.35. The molecule has 196 valence electrons. The van der Waals surface area contributed by atoms with E-state index in [1.165, 1.54) is 0 Å². The molecule has 0 saturated heterocycles. The lowest BCUT2D eigenvalue weighted by atomic mass is 9.94. The maximum absolute atomic E-state index is 13.8. The van der Waals surface area contributed by atoms with Crippen LogP contribution in [0.2, 0.25) is 0 Å². The van der Waals surface area contributed by atoms with Gasteiger partial charge in [-0.05, 0) is 62.6 Å². The number of aryl methyl sites for hydroxylation is 1. The van der Waals surface area contributed by atoms with Crippen molar-refractivity contribution in [3.05, 3.63) is 69.3 Å². The minimum absolute atomic E-state index is 0.193. The number of halogens is 1. The van der Waals surface area contributed by atoms with Crippen LogP contribution in [0.25, 0.3) is 0 Å². The zero-order valence-corrected chi connectivity index (χ0v) is 24.2. The standard InChI is InChI=1S/C28H34BrN5O2S/c1-5-7-14-36-23-13-12-20(29)17-22(23)25-24(26(35)31-21-11-9-10-18(3)16-21)19(4)30-27-32-28(33-34(25)27)37-15-8-6-2/h9-13,16-17,25H,5-8,14-15H2,1-4H3,(H,31,35)(H,30,32,33). The Morgan fingerprint density at radius 1 is 1.16 bits per heavy atom. The number of fused-ring (bicyclic) bond motifs is 1. The normalized spacial score (nSPS) is 14.8. The van der Waals surface area contributed by atoms with Crippen LogP contribution in [0.15, 0.2) is 63.4 Å². The van der Waals surface area contributed by atoms with Crippen molar-refractivity contribution in [2.24, 2.45) is 0 Å². The van der Waals surface area contributed by atoms with E-state index in [1.807, 2.05) is 61.0 Å². The molecule has 1 atom stereocenters. The zero-order valence-electron chi connectivity index (χ0n) is 21.8. The molecule has 0 saturated carbocycles. The molecule has 0 aliphatic carbocycles. The third kappa shape index (κ3) is 6.57. The Bertz CT molecular complexity index is 1290. The number of hydrogen-bond donors (Lipinski definition) is 2. The van der Waals surface area contributed by atoms with Gasteiger partial charge in [0, 0.05) is 27.2 Å². The largest absolute Gasteiger partial charge is 0.493 e. The van der Waals surface area contributed by atoms with E-state index in [0.29, 0.717) is 23.3 Å². The van der Waals surface area contributed by atoms with Crippen LogP contribution in [0, 0.1) is 6.92 Å². The lowest BCUT2D eigenvalue weighted by Gasteiger charge is -2.30. The maximum Gasteiger partial charge on any atom is 0.255 e. The molecule has 0 spiro atoms. The lowest BCUT2D eigenvalue weighted by molar-refractivity contribution is -0.113. The number of anilines is 2. The fraction of sp³-hybridized carbons (Fsp3) is 0.393. The van der Waals surface area contributed by atoms with E-state index in [1.54, 1.807) is 11.8 Å². The number of unbranched alkanes of at least 4 members (excludes halogenated alkanes) is 2. The van der Waals surface area contributed by atoms with E-state index in [-0.39, 0.29) is 5.91 Å². The number of aromatic nitrogens is 3. The minimum Gasteiger partial charge on any atom is -0.493 e. The number of carbonyl (C=O) groups is 1. The Kier molecular flexibility index (Phi) is 9.32. The summed E-state index contributed by atoms with van der Waals surface area (Å²) in [6.45, 7) is 8.83. The highest BCUT2D eigenvalue weighted by molar-refractivity contribution is 9.10. The molecule has 1 unspecified atom stereocenters. The predicted molar refractivity (Wildman–Crippen MR) is 154 cm³/mol. The number of benzene rings is 2. The summed E-state index contributed by atoms with van der Waals surface area (Å²) < 4.78 is 8.94. The average molecular weight is 585 g/mol. The quantitative estimate of drug-likeness (QED) is 0.181. The van der Waals surface area contributed by atoms with Gasteiger partial charge in [0.15, 0.2) is 0 Å². The summed E-state index contributed by atoms with van der Waals surface area (Å²) in [6, 6.07) is 13.2. The van der Waals surface area contributed by atoms with Crippen LogP contribution in [0.3, 0.4) is 0 Å². The molecule has 0 bridgehead atoms. The SMILES string of the molecule is CCCCOc1ccc(Br)cc1C1C(C(=O)Nc2cccc(C)c2)=C(C)Nc2nc(SCCCC)nn21. The van der Waals surface area contributed by atoms with Crippen molar-refractivity contribution in [2.45, 2.75) is 64.6 Å². The molecule has 0 radical (unpaired) electrons. The number of carbonyl (C=O) groups excluding carboxylic acids is 1. The summed E-state index contributed by atoms with van der Waals surface area (Å²) in [5.74, 6) is 2.10. The van der Waals surface area contributed by atoms with Gasteiger partial charge in [-0.25, -0.2) is 4.68 Å². The number of allylic oxidation sites excluding steroid dienone is 1. The van der Waals surface area contributed by atoms with Gasteiger partial charge in [-0.15, -0.1) is 5.10 Å². The van der Waals surface area contributed by atoms with Crippen LogP contribution in [-0.2, 0) is 4.79 Å². The van der Waals surface area contributed by atoms with Gasteiger partial charge in [-0.1, -0.05) is 66.5 Å². The molecular formula is C28H34BrN5O2S. The smallest absolute Gasteiger partial charge is 0.255 e. The van der Waals surface area contributed by atoms with Gasteiger partial charge in [0.05, 0.1) is 12.2 Å². The first-order valence-electron chi connectivity index (χ1n) is 12.8. The van der Waals surface area contributed by atoms with E-state index in [9.17, 15) is 4.79 Å². The number of nitrogens with one attached hydrogen (secondary N) is 2. The molecule has 0 fully saturated rings. The first kappa shape index (κ1) is 27.3. The van der Waals surface area contributed by atoms with Crippen molar-refractivity contribution in [1.82, 2.24) is 14.8 Å². The van der Waals surface area contributed by atoms with Gasteiger partial charge in [0.2, 0.25) is 11.1 Å². The summed E-state index contributed by atoms with van der Waals surface area (Å²) in [5.41, 5.74) is 3.99. The van der Waals surface area contributed by atoms with Crippen molar-refractivity contribution >= 4 is 45.2 Å². The number of hydrogen-bond acceptors (Lipinski definition) is 6. The third-order valence-corrected chi connectivity index (χ3v) is 7.52. The number of thioether (sulfide) groups is 1. The zero-order chi connectivity index (χ0) is 26.4. The van der Waals surface area contributed by atoms with Crippen molar-refractivity contribution < 1.29 is 9.53 Å². The van der Waals surface area contributed by atoms with Crippen molar-refractivity contribution in [3.8, 4) is 5.75 Å². The average Bonchev–Trinajstić information content (AvgIpc) is 3.26. The maximum atomic E-state index is 13.8. The fourth-order valence-corrected chi connectivity index (χ4v) is 5.49. The van der Waals surface area contributed by atoms with Crippen LogP contribution in [0.4, 0.5) is 11.6 Å².